The summed E-state index contributed by atoms with van der Waals surface area (Å²) < 4.78 is 24.6. The number of rotatable bonds is 12. The van der Waals surface area contributed by atoms with Gasteiger partial charge in [0.15, 0.2) is 0 Å². The highest BCUT2D eigenvalue weighted by atomic mass is 32.2. The summed E-state index contributed by atoms with van der Waals surface area (Å²) in [5.74, 6) is 0.172. The summed E-state index contributed by atoms with van der Waals surface area (Å²) >= 11 is 0. The van der Waals surface area contributed by atoms with Crippen LogP contribution in [0.3, 0.4) is 0 Å². The molecule has 1 atom stereocenters. The molecule has 9 nitrogen and oxygen atoms in total. The molecule has 0 unspecified atom stereocenters. The number of nitrogens with zero attached hydrogens (tertiary/aromatic N) is 2. The molecule has 1 amide bonds. The molecular weight excluding hydrogens is 464 g/mol. The van der Waals surface area contributed by atoms with Crippen LogP contribution in [-0.4, -0.2) is 45.2 Å². The van der Waals surface area contributed by atoms with E-state index in [9.17, 15) is 13.2 Å². The second kappa shape index (κ2) is 12.6. The predicted molar refractivity (Wildman–Crippen MR) is 136 cm³/mol. The number of nitrogens with one attached hydrogen (secondary N) is 4. The number of nitriles is 1. The summed E-state index contributed by atoms with van der Waals surface area (Å²) in [5, 5.41) is 18.2. The van der Waals surface area contributed by atoms with E-state index in [4.69, 9.17) is 5.26 Å². The number of hydrogen-bond acceptors (Lipinski definition) is 7. The van der Waals surface area contributed by atoms with Crippen LogP contribution in [0.4, 0.5) is 11.5 Å². The van der Waals surface area contributed by atoms with Gasteiger partial charge in [0, 0.05) is 19.6 Å². The van der Waals surface area contributed by atoms with Crippen LogP contribution >= 0.6 is 0 Å². The van der Waals surface area contributed by atoms with Crippen molar-refractivity contribution in [2.75, 3.05) is 36.5 Å². The van der Waals surface area contributed by atoms with E-state index in [2.05, 4.69) is 31.7 Å². The quantitative estimate of drug-likeness (QED) is 0.285. The van der Waals surface area contributed by atoms with Crippen molar-refractivity contribution in [3.8, 4) is 6.07 Å². The van der Waals surface area contributed by atoms with Crippen molar-refractivity contribution in [2.24, 2.45) is 0 Å². The van der Waals surface area contributed by atoms with E-state index < -0.39 is 16.1 Å². The predicted octanol–water partition coefficient (Wildman–Crippen LogP) is 2.43. The van der Waals surface area contributed by atoms with E-state index in [1.165, 1.54) is 0 Å². The second-order valence-corrected chi connectivity index (χ2v) is 9.70. The van der Waals surface area contributed by atoms with Crippen LogP contribution in [0.1, 0.15) is 22.7 Å². The minimum absolute atomic E-state index is 0.235. The smallest absolute Gasteiger partial charge is 0.247 e. The topological polar surface area (TPSA) is 136 Å². The first-order valence-electron chi connectivity index (χ1n) is 11.1. The molecule has 0 aliphatic carbocycles. The van der Waals surface area contributed by atoms with Crippen molar-refractivity contribution in [1.82, 2.24) is 15.0 Å². The first kappa shape index (κ1) is 25.8. The van der Waals surface area contributed by atoms with Crippen molar-refractivity contribution in [3.63, 3.8) is 0 Å². The van der Waals surface area contributed by atoms with Gasteiger partial charge >= 0.3 is 0 Å². The molecule has 0 bridgehead atoms. The highest BCUT2D eigenvalue weighted by molar-refractivity contribution is 7.88. The number of pyridine rings is 1. The van der Waals surface area contributed by atoms with Crippen molar-refractivity contribution >= 4 is 27.4 Å². The number of sulfonamides is 1. The Morgan fingerprint density at radius 1 is 1.00 bits per heavy atom. The summed E-state index contributed by atoms with van der Waals surface area (Å²) in [5.41, 5.74) is 3.22. The van der Waals surface area contributed by atoms with Gasteiger partial charge in [-0.2, -0.15) is 5.26 Å². The maximum Gasteiger partial charge on any atom is 0.247 e. The fourth-order valence-electron chi connectivity index (χ4n) is 3.33. The number of aromatic nitrogens is 1. The zero-order valence-electron chi connectivity index (χ0n) is 19.4. The first-order valence-corrected chi connectivity index (χ1v) is 13.0. The van der Waals surface area contributed by atoms with Crippen molar-refractivity contribution in [3.05, 3.63) is 89.6 Å². The van der Waals surface area contributed by atoms with Crippen LogP contribution in [0.25, 0.3) is 0 Å². The van der Waals surface area contributed by atoms with Crippen molar-refractivity contribution in [1.29, 1.82) is 5.26 Å². The van der Waals surface area contributed by atoms with Crippen molar-refractivity contribution < 1.29 is 13.2 Å². The molecule has 1 heterocycles. The van der Waals surface area contributed by atoms with Gasteiger partial charge in [-0.05, 0) is 41.8 Å². The molecule has 0 fully saturated rings. The SMILES string of the molecule is CS(=O)(=O)NCCNc1ccc(NC(=O)[C@@H](NCCc2ccc(C#N)cc2)c2ccccc2)nc1. The van der Waals surface area contributed by atoms with Gasteiger partial charge in [-0.1, -0.05) is 42.5 Å². The number of benzene rings is 2. The lowest BCUT2D eigenvalue weighted by molar-refractivity contribution is -0.118. The van der Waals surface area contributed by atoms with Gasteiger partial charge < -0.3 is 16.0 Å². The largest absolute Gasteiger partial charge is 0.382 e. The Kier molecular flexibility index (Phi) is 9.31. The summed E-state index contributed by atoms with van der Waals surface area (Å²) in [6.45, 7) is 1.22. The standard InChI is InChI=1S/C25H28N6O3S/c1-35(33,34)30-16-15-27-22-11-12-23(29-18-22)31-25(32)24(21-5-3-2-4-6-21)28-14-13-19-7-9-20(17-26)10-8-19/h2-12,18,24,27-28,30H,13-16H2,1H3,(H,29,31,32)/t24-/m0/s1. The molecular formula is C25H28N6O3S. The van der Waals surface area contributed by atoms with Gasteiger partial charge in [0.2, 0.25) is 15.9 Å². The summed E-state index contributed by atoms with van der Waals surface area (Å²) in [6, 6.07) is 21.8. The third-order valence-corrected chi connectivity index (χ3v) is 5.80. The molecule has 10 heteroatoms. The zero-order chi connectivity index (χ0) is 25.1. The number of carbonyl (C=O) groups is 1. The molecule has 182 valence electrons. The van der Waals surface area contributed by atoms with Crippen LogP contribution in [0, 0.1) is 11.3 Å². The Bertz CT molecular complexity index is 1240. The fraction of sp³-hybridized carbons (Fsp3) is 0.240. The Morgan fingerprint density at radius 2 is 1.74 bits per heavy atom. The zero-order valence-corrected chi connectivity index (χ0v) is 20.2. The van der Waals surface area contributed by atoms with Crippen LogP contribution in [0.5, 0.6) is 0 Å². The molecule has 35 heavy (non-hydrogen) atoms. The van der Waals surface area contributed by atoms with Gasteiger partial charge in [-0.3, -0.25) is 4.79 Å². The highest BCUT2D eigenvalue weighted by Crippen LogP contribution is 2.17. The highest BCUT2D eigenvalue weighted by Gasteiger charge is 2.20. The van der Waals surface area contributed by atoms with E-state index >= 15 is 0 Å². The average molecular weight is 493 g/mol. The lowest BCUT2D eigenvalue weighted by atomic mass is 10.1. The monoisotopic (exact) mass is 492 g/mol. The number of hydrogen-bond donors (Lipinski definition) is 4. The Labute approximate surface area is 205 Å². The molecule has 3 aromatic rings. The average Bonchev–Trinajstić information content (AvgIpc) is 2.86. The molecule has 3 rings (SSSR count). The number of amides is 1. The van der Waals surface area contributed by atoms with E-state index in [1.54, 1.807) is 30.5 Å². The molecule has 0 aliphatic rings. The number of anilines is 2. The van der Waals surface area contributed by atoms with E-state index in [1.807, 2.05) is 42.5 Å². The molecule has 0 saturated heterocycles. The Balaban J connectivity index is 1.57. The normalized spacial score (nSPS) is 11.9. The maximum atomic E-state index is 13.1. The van der Waals surface area contributed by atoms with Crippen LogP contribution in [-0.2, 0) is 21.2 Å². The molecule has 0 aliphatic heterocycles. The van der Waals surface area contributed by atoms with Crippen LogP contribution in [0.2, 0.25) is 0 Å². The third kappa shape index (κ3) is 8.83. The van der Waals surface area contributed by atoms with E-state index in [-0.39, 0.29) is 12.5 Å². The first-order chi connectivity index (χ1) is 16.8. The molecule has 1 aromatic heterocycles. The van der Waals surface area contributed by atoms with Gasteiger partial charge in [0.1, 0.15) is 11.9 Å². The molecule has 0 radical (unpaired) electrons. The molecule has 0 saturated carbocycles. The maximum absolute atomic E-state index is 13.1. The lowest BCUT2D eigenvalue weighted by Gasteiger charge is -2.19. The summed E-state index contributed by atoms with van der Waals surface area (Å²) in [7, 11) is -3.23. The van der Waals surface area contributed by atoms with Crippen LogP contribution in [0.15, 0.2) is 72.9 Å². The van der Waals surface area contributed by atoms with Gasteiger partial charge in [-0.15, -0.1) is 0 Å². The summed E-state index contributed by atoms with van der Waals surface area (Å²) in [6.07, 6.45) is 3.39. The van der Waals surface area contributed by atoms with E-state index in [0.29, 0.717) is 36.6 Å². The minimum atomic E-state index is -3.23. The fourth-order valence-corrected chi connectivity index (χ4v) is 3.80. The molecule has 4 N–H and O–H groups in total. The Hall–Kier alpha value is -3.78. The minimum Gasteiger partial charge on any atom is -0.382 e. The summed E-state index contributed by atoms with van der Waals surface area (Å²) in [4.78, 5) is 17.4. The van der Waals surface area contributed by atoms with E-state index in [0.717, 1.165) is 17.4 Å². The van der Waals surface area contributed by atoms with Crippen molar-refractivity contribution in [2.45, 2.75) is 12.5 Å². The van der Waals surface area contributed by atoms with Gasteiger partial charge in [0.05, 0.1) is 29.8 Å². The molecule has 0 spiro atoms. The van der Waals surface area contributed by atoms with Gasteiger partial charge in [-0.25, -0.2) is 18.1 Å². The van der Waals surface area contributed by atoms with Gasteiger partial charge in [0.25, 0.3) is 0 Å². The number of carbonyl (C=O) groups excluding carboxylic acids is 1. The second-order valence-electron chi connectivity index (χ2n) is 7.87. The lowest BCUT2D eigenvalue weighted by Crippen LogP contribution is -2.34. The van der Waals surface area contributed by atoms with Crippen LogP contribution < -0.4 is 20.7 Å². The Morgan fingerprint density at radius 3 is 2.37 bits per heavy atom. The molecule has 2 aromatic carbocycles. The third-order valence-electron chi connectivity index (χ3n) is 5.07.